The second-order valence-corrected chi connectivity index (χ2v) is 4.57. The quantitative estimate of drug-likeness (QED) is 0.592. The van der Waals surface area contributed by atoms with Crippen LogP contribution in [0.2, 0.25) is 5.02 Å². The van der Waals surface area contributed by atoms with Gasteiger partial charge in [0.05, 0.1) is 5.33 Å². The maximum absolute atomic E-state index is 11.5. The molecule has 0 aliphatic carbocycles. The zero-order valence-electron chi connectivity index (χ0n) is 8.89. The van der Waals surface area contributed by atoms with Gasteiger partial charge in [-0.05, 0) is 36.1 Å². The number of hydrogen-bond donors (Lipinski definition) is 0. The van der Waals surface area contributed by atoms with Crippen LogP contribution >= 0.6 is 27.5 Å². The molecule has 1 nitrogen and oxygen atoms in total. The van der Waals surface area contributed by atoms with Crippen molar-refractivity contribution in [3.05, 3.63) is 34.3 Å². The average molecular weight is 290 g/mol. The molecule has 0 heterocycles. The van der Waals surface area contributed by atoms with Crippen molar-refractivity contribution < 1.29 is 4.79 Å². The highest BCUT2D eigenvalue weighted by Gasteiger charge is 2.11. The summed E-state index contributed by atoms with van der Waals surface area (Å²) in [5.41, 5.74) is 1.79. The topological polar surface area (TPSA) is 17.1 Å². The molecule has 1 atom stereocenters. The van der Waals surface area contributed by atoms with Crippen LogP contribution < -0.4 is 0 Å². The molecule has 0 amide bonds. The number of rotatable bonds is 4. The van der Waals surface area contributed by atoms with E-state index in [0.29, 0.717) is 11.2 Å². The van der Waals surface area contributed by atoms with Crippen LogP contribution in [0.5, 0.6) is 0 Å². The first-order chi connectivity index (χ1) is 7.10. The summed E-state index contributed by atoms with van der Waals surface area (Å²) in [5, 5.41) is 1.10. The van der Waals surface area contributed by atoms with Gasteiger partial charge in [0.15, 0.2) is 5.78 Å². The van der Waals surface area contributed by atoms with Crippen molar-refractivity contribution in [3.63, 3.8) is 0 Å². The highest BCUT2D eigenvalue weighted by atomic mass is 79.9. The van der Waals surface area contributed by atoms with Gasteiger partial charge in [-0.2, -0.15) is 0 Å². The molecule has 1 rings (SSSR count). The highest BCUT2D eigenvalue weighted by molar-refractivity contribution is 9.09. The van der Waals surface area contributed by atoms with Crippen LogP contribution in [0.15, 0.2) is 18.2 Å². The van der Waals surface area contributed by atoms with E-state index < -0.39 is 0 Å². The molecule has 1 aromatic carbocycles. The van der Waals surface area contributed by atoms with Gasteiger partial charge in [-0.3, -0.25) is 4.79 Å². The largest absolute Gasteiger partial charge is 0.293 e. The van der Waals surface area contributed by atoms with E-state index in [0.717, 1.165) is 22.6 Å². The molecule has 0 aliphatic rings. The van der Waals surface area contributed by atoms with Crippen molar-refractivity contribution in [1.29, 1.82) is 0 Å². The SMILES string of the molecule is CCC(C)c1cc(C(=O)CBr)ccc1Cl. The van der Waals surface area contributed by atoms with Crippen molar-refractivity contribution in [2.24, 2.45) is 0 Å². The van der Waals surface area contributed by atoms with E-state index in [2.05, 4.69) is 29.8 Å². The molecule has 1 aromatic rings. The first-order valence-electron chi connectivity index (χ1n) is 4.98. The summed E-state index contributed by atoms with van der Waals surface area (Å²) in [6.07, 6.45) is 1.02. The summed E-state index contributed by atoms with van der Waals surface area (Å²) in [6.45, 7) is 4.23. The number of carbonyl (C=O) groups is 1. The van der Waals surface area contributed by atoms with Crippen molar-refractivity contribution >= 4 is 33.3 Å². The molecule has 1 unspecified atom stereocenters. The summed E-state index contributed by atoms with van der Waals surface area (Å²) in [7, 11) is 0. The molecule has 0 bridgehead atoms. The lowest BCUT2D eigenvalue weighted by molar-refractivity contribution is 0.102. The third-order valence-corrected chi connectivity index (χ3v) is 3.44. The second kappa shape index (κ2) is 5.66. The van der Waals surface area contributed by atoms with E-state index in [1.54, 1.807) is 12.1 Å². The van der Waals surface area contributed by atoms with Crippen molar-refractivity contribution in [3.8, 4) is 0 Å². The molecule has 0 saturated carbocycles. The van der Waals surface area contributed by atoms with Gasteiger partial charge in [0.25, 0.3) is 0 Å². The van der Waals surface area contributed by atoms with E-state index in [4.69, 9.17) is 11.6 Å². The summed E-state index contributed by atoms with van der Waals surface area (Å²) in [5.74, 6) is 0.483. The van der Waals surface area contributed by atoms with E-state index in [1.165, 1.54) is 0 Å². The summed E-state index contributed by atoms with van der Waals surface area (Å²) in [4.78, 5) is 11.5. The zero-order chi connectivity index (χ0) is 11.4. The Balaban J connectivity index is 3.10. The molecule has 0 spiro atoms. The van der Waals surface area contributed by atoms with Gasteiger partial charge in [-0.15, -0.1) is 0 Å². The number of hydrogen-bond acceptors (Lipinski definition) is 1. The maximum atomic E-state index is 11.5. The smallest absolute Gasteiger partial charge is 0.173 e. The van der Waals surface area contributed by atoms with E-state index in [-0.39, 0.29) is 5.78 Å². The van der Waals surface area contributed by atoms with Crippen molar-refractivity contribution in [2.75, 3.05) is 5.33 Å². The van der Waals surface area contributed by atoms with Gasteiger partial charge in [0.1, 0.15) is 0 Å². The first-order valence-corrected chi connectivity index (χ1v) is 6.48. The normalized spacial score (nSPS) is 12.5. The van der Waals surface area contributed by atoms with Crippen molar-refractivity contribution in [2.45, 2.75) is 26.2 Å². The van der Waals surface area contributed by atoms with Crippen molar-refractivity contribution in [1.82, 2.24) is 0 Å². The standard InChI is InChI=1S/C12H14BrClO/c1-3-8(2)10-6-9(12(15)7-13)4-5-11(10)14/h4-6,8H,3,7H2,1-2H3. The number of alkyl halides is 1. The van der Waals surface area contributed by atoms with Gasteiger partial charge >= 0.3 is 0 Å². The monoisotopic (exact) mass is 288 g/mol. The average Bonchev–Trinajstić information content (AvgIpc) is 2.27. The minimum Gasteiger partial charge on any atom is -0.293 e. The number of Topliss-reactive ketones (excluding diaryl/α,β-unsaturated/α-hetero) is 1. The molecular formula is C12H14BrClO. The van der Waals surface area contributed by atoms with Crippen LogP contribution in [0.25, 0.3) is 0 Å². The van der Waals surface area contributed by atoms with Gasteiger partial charge in [-0.1, -0.05) is 41.4 Å². The summed E-state index contributed by atoms with van der Waals surface area (Å²) in [6, 6.07) is 5.48. The van der Waals surface area contributed by atoms with Gasteiger partial charge in [0.2, 0.25) is 0 Å². The van der Waals surface area contributed by atoms with E-state index >= 15 is 0 Å². The summed E-state index contributed by atoms with van der Waals surface area (Å²) < 4.78 is 0. The summed E-state index contributed by atoms with van der Waals surface area (Å²) >= 11 is 9.26. The molecular weight excluding hydrogens is 275 g/mol. The number of carbonyl (C=O) groups excluding carboxylic acids is 1. The van der Waals surface area contributed by atoms with Gasteiger partial charge in [0, 0.05) is 10.6 Å². The number of ketones is 1. The van der Waals surface area contributed by atoms with E-state index in [1.807, 2.05) is 6.07 Å². The minimum atomic E-state index is 0.0937. The first kappa shape index (κ1) is 12.7. The molecule has 82 valence electrons. The molecule has 0 fully saturated rings. The second-order valence-electron chi connectivity index (χ2n) is 3.60. The fraction of sp³-hybridized carbons (Fsp3) is 0.417. The van der Waals surface area contributed by atoms with Crippen LogP contribution in [0.4, 0.5) is 0 Å². The lowest BCUT2D eigenvalue weighted by atomic mass is 9.96. The Morgan fingerprint density at radius 1 is 1.53 bits per heavy atom. The van der Waals surface area contributed by atoms with Crippen LogP contribution in [-0.4, -0.2) is 11.1 Å². The Kier molecular flexibility index (Phi) is 4.81. The van der Waals surface area contributed by atoms with Crippen LogP contribution in [0, 0.1) is 0 Å². The Hall–Kier alpha value is -0.340. The highest BCUT2D eigenvalue weighted by Crippen LogP contribution is 2.27. The van der Waals surface area contributed by atoms with Gasteiger partial charge in [-0.25, -0.2) is 0 Å². The molecule has 0 aromatic heterocycles. The molecule has 0 N–H and O–H groups in total. The zero-order valence-corrected chi connectivity index (χ0v) is 11.2. The Morgan fingerprint density at radius 2 is 2.20 bits per heavy atom. The predicted molar refractivity (Wildman–Crippen MR) is 68.3 cm³/mol. The Labute approximate surface area is 104 Å². The maximum Gasteiger partial charge on any atom is 0.173 e. The molecule has 0 aliphatic heterocycles. The van der Waals surface area contributed by atoms with Gasteiger partial charge < -0.3 is 0 Å². The molecule has 0 saturated heterocycles. The Morgan fingerprint density at radius 3 is 2.73 bits per heavy atom. The third-order valence-electron chi connectivity index (χ3n) is 2.58. The van der Waals surface area contributed by atoms with E-state index in [9.17, 15) is 4.79 Å². The lowest BCUT2D eigenvalue weighted by Crippen LogP contribution is -2.02. The molecule has 0 radical (unpaired) electrons. The number of halogens is 2. The predicted octanol–water partition coefficient (Wildman–Crippen LogP) is 4.43. The minimum absolute atomic E-state index is 0.0937. The number of benzene rings is 1. The molecule has 15 heavy (non-hydrogen) atoms. The molecule has 3 heteroatoms. The van der Waals surface area contributed by atoms with Crippen LogP contribution in [0.3, 0.4) is 0 Å². The lowest BCUT2D eigenvalue weighted by Gasteiger charge is -2.12. The van der Waals surface area contributed by atoms with Crippen LogP contribution in [-0.2, 0) is 0 Å². The fourth-order valence-corrected chi connectivity index (χ4v) is 2.02. The third kappa shape index (κ3) is 3.05. The van der Waals surface area contributed by atoms with Crippen LogP contribution in [0.1, 0.15) is 42.1 Å². The fourth-order valence-electron chi connectivity index (χ4n) is 1.39. The Bertz CT molecular complexity index is 363.